The van der Waals surface area contributed by atoms with Crippen molar-refractivity contribution < 1.29 is 13.9 Å². The number of benzene rings is 3. The van der Waals surface area contributed by atoms with Gasteiger partial charge in [0.1, 0.15) is 41.2 Å². The van der Waals surface area contributed by atoms with E-state index in [9.17, 15) is 14.3 Å². The zero-order valence-corrected chi connectivity index (χ0v) is 24.9. The lowest BCUT2D eigenvalue weighted by Gasteiger charge is -2.32. The number of nitrogens with zero attached hydrogens (tertiary/aromatic N) is 6. The minimum atomic E-state index is -0.643. The predicted molar refractivity (Wildman–Crippen MR) is 171 cm³/mol. The van der Waals surface area contributed by atoms with Crippen molar-refractivity contribution in [2.24, 2.45) is 0 Å². The Labute approximate surface area is 258 Å². The second-order valence-corrected chi connectivity index (χ2v) is 11.6. The van der Waals surface area contributed by atoms with Gasteiger partial charge in [0.25, 0.3) is 0 Å². The van der Waals surface area contributed by atoms with Gasteiger partial charge in [-0.05, 0) is 43.3 Å². The molecule has 1 atom stereocenters. The van der Waals surface area contributed by atoms with Gasteiger partial charge in [-0.15, -0.1) is 0 Å². The highest BCUT2D eigenvalue weighted by atomic mass is 19.1. The van der Waals surface area contributed by atoms with E-state index in [0.29, 0.717) is 33.4 Å². The highest BCUT2D eigenvalue weighted by Gasteiger charge is 2.27. The first-order valence-corrected chi connectivity index (χ1v) is 14.8. The van der Waals surface area contributed by atoms with Crippen LogP contribution in [0.5, 0.6) is 5.75 Å². The quantitative estimate of drug-likeness (QED) is 0.268. The van der Waals surface area contributed by atoms with Crippen molar-refractivity contribution in [2.75, 3.05) is 39.0 Å². The summed E-state index contributed by atoms with van der Waals surface area (Å²) in [4.78, 5) is 26.7. The van der Waals surface area contributed by atoms with E-state index in [1.54, 1.807) is 10.7 Å². The van der Waals surface area contributed by atoms with E-state index in [-0.39, 0.29) is 11.6 Å². The fourth-order valence-corrected chi connectivity index (χ4v) is 6.14. The predicted octanol–water partition coefficient (Wildman–Crippen LogP) is 5.05. The topological polar surface area (TPSA) is 127 Å². The summed E-state index contributed by atoms with van der Waals surface area (Å²) in [5, 5.41) is 16.5. The molecule has 0 saturated carbocycles. The highest BCUT2D eigenvalue weighted by Crippen LogP contribution is 2.39. The molecule has 4 heterocycles. The Morgan fingerprint density at radius 1 is 0.978 bits per heavy atom. The molecular weight excluding hydrogens is 573 g/mol. The van der Waals surface area contributed by atoms with Crippen LogP contribution in [-0.2, 0) is 6.54 Å². The summed E-state index contributed by atoms with van der Waals surface area (Å²) in [6, 6.07) is 18.8. The first kappa shape index (κ1) is 28.6. The summed E-state index contributed by atoms with van der Waals surface area (Å²) in [5.74, 6) is -0.348. The Morgan fingerprint density at radius 2 is 1.71 bits per heavy atom. The monoisotopic (exact) mass is 605 g/mol. The normalized spacial score (nSPS) is 15.2. The van der Waals surface area contributed by atoms with Crippen molar-refractivity contribution in [1.29, 1.82) is 0 Å². The number of aromatic nitrogens is 4. The second kappa shape index (κ2) is 11.4. The molecule has 1 unspecified atom stereocenters. The van der Waals surface area contributed by atoms with Crippen LogP contribution < -0.4 is 11.4 Å². The average molecular weight is 606 g/mol. The summed E-state index contributed by atoms with van der Waals surface area (Å²) in [6.45, 7) is 6.87. The SMILES string of the molecule is CC(c1oc(=O)c2ccccc2c1-c1ccc(CN2CCN(C)CC2)cc1)n1nc(-c2cc(O)cc(F)c2)c2c(N)ncnc21. The molecule has 45 heavy (non-hydrogen) atoms. The minimum absolute atomic E-state index is 0.147. The van der Waals surface area contributed by atoms with Gasteiger partial charge in [0, 0.05) is 55.3 Å². The van der Waals surface area contributed by atoms with Crippen molar-refractivity contribution in [1.82, 2.24) is 29.5 Å². The molecule has 10 nitrogen and oxygen atoms in total. The number of phenols is 1. The molecule has 0 spiro atoms. The molecule has 7 rings (SSSR count). The zero-order chi connectivity index (χ0) is 31.2. The van der Waals surface area contributed by atoms with E-state index in [4.69, 9.17) is 15.2 Å². The van der Waals surface area contributed by atoms with Crippen molar-refractivity contribution in [3.8, 4) is 28.1 Å². The maximum Gasteiger partial charge on any atom is 0.343 e. The fraction of sp³-hybridized carbons (Fsp3) is 0.235. The van der Waals surface area contributed by atoms with E-state index in [2.05, 4.69) is 51.1 Å². The molecule has 1 fully saturated rings. The molecule has 6 aromatic rings. The van der Waals surface area contributed by atoms with Crippen LogP contribution in [0.1, 0.15) is 24.3 Å². The third-order valence-electron chi connectivity index (χ3n) is 8.53. The summed E-state index contributed by atoms with van der Waals surface area (Å²) >= 11 is 0. The Morgan fingerprint density at radius 3 is 2.44 bits per heavy atom. The summed E-state index contributed by atoms with van der Waals surface area (Å²) in [6.07, 6.45) is 1.33. The molecule has 0 aliphatic carbocycles. The Bertz CT molecular complexity index is 2080. The number of piperazine rings is 1. The Hall–Kier alpha value is -5.13. The van der Waals surface area contributed by atoms with E-state index in [1.807, 2.05) is 25.1 Å². The van der Waals surface area contributed by atoms with Crippen LogP contribution in [0.15, 0.2) is 82.3 Å². The molecule has 3 aromatic carbocycles. The molecule has 1 aliphatic rings. The van der Waals surface area contributed by atoms with Gasteiger partial charge in [0.2, 0.25) is 0 Å². The second-order valence-electron chi connectivity index (χ2n) is 11.6. The maximum absolute atomic E-state index is 14.3. The van der Waals surface area contributed by atoms with Crippen LogP contribution in [0.3, 0.4) is 0 Å². The standard InChI is InChI=1S/C34H32FN7O3/c1-20(42-33-29(32(36)37-19-38-33)30(39-42)23-15-24(35)17-25(43)16-23)31-28(26-5-3-4-6-27(26)34(44)45-31)22-9-7-21(8-10-22)18-41-13-11-40(2)12-14-41/h3-10,15-17,19-20,43H,11-14,18H2,1-2H3,(H2,36,37,38). The molecule has 228 valence electrons. The Kier molecular flexibility index (Phi) is 7.26. The largest absolute Gasteiger partial charge is 0.508 e. The summed E-state index contributed by atoms with van der Waals surface area (Å²) in [7, 11) is 2.15. The van der Waals surface area contributed by atoms with Crippen molar-refractivity contribution in [3.63, 3.8) is 0 Å². The number of aromatic hydroxyl groups is 1. The average Bonchev–Trinajstić information content (AvgIpc) is 3.43. The number of fused-ring (bicyclic) bond motifs is 2. The van der Waals surface area contributed by atoms with E-state index in [1.165, 1.54) is 24.0 Å². The van der Waals surface area contributed by atoms with Gasteiger partial charge < -0.3 is 20.2 Å². The van der Waals surface area contributed by atoms with E-state index < -0.39 is 17.5 Å². The molecule has 0 bridgehead atoms. The number of phenolic OH excluding ortho intramolecular Hbond substituents is 1. The van der Waals surface area contributed by atoms with Gasteiger partial charge in [-0.2, -0.15) is 5.10 Å². The van der Waals surface area contributed by atoms with E-state index >= 15 is 0 Å². The van der Waals surface area contributed by atoms with Gasteiger partial charge in [-0.25, -0.2) is 23.8 Å². The van der Waals surface area contributed by atoms with Crippen molar-refractivity contribution >= 4 is 27.6 Å². The van der Waals surface area contributed by atoms with Gasteiger partial charge in [-0.1, -0.05) is 42.5 Å². The smallest absolute Gasteiger partial charge is 0.343 e. The van der Waals surface area contributed by atoms with Crippen LogP contribution in [0.4, 0.5) is 10.2 Å². The first-order chi connectivity index (χ1) is 21.8. The molecule has 1 aliphatic heterocycles. The number of anilines is 1. The van der Waals surface area contributed by atoms with Crippen LogP contribution in [0.25, 0.3) is 44.2 Å². The van der Waals surface area contributed by atoms with Crippen LogP contribution in [0.2, 0.25) is 0 Å². The van der Waals surface area contributed by atoms with Gasteiger partial charge in [0.05, 0.1) is 10.8 Å². The lowest BCUT2D eigenvalue weighted by atomic mass is 9.95. The number of rotatable bonds is 6. The van der Waals surface area contributed by atoms with E-state index in [0.717, 1.165) is 55.3 Å². The van der Waals surface area contributed by atoms with Crippen molar-refractivity contribution in [2.45, 2.75) is 19.5 Å². The lowest BCUT2D eigenvalue weighted by molar-refractivity contribution is 0.148. The number of likely N-dealkylation sites (N-methyl/N-ethyl adjacent to an activating group) is 1. The van der Waals surface area contributed by atoms with Gasteiger partial charge in [-0.3, -0.25) is 4.90 Å². The lowest BCUT2D eigenvalue weighted by Crippen LogP contribution is -2.43. The summed E-state index contributed by atoms with van der Waals surface area (Å²) in [5.41, 5.74) is 9.65. The van der Waals surface area contributed by atoms with Crippen LogP contribution in [0, 0.1) is 5.82 Å². The number of hydrogen-bond acceptors (Lipinski definition) is 9. The first-order valence-electron chi connectivity index (χ1n) is 14.8. The summed E-state index contributed by atoms with van der Waals surface area (Å²) < 4.78 is 22.0. The Balaban J connectivity index is 1.36. The highest BCUT2D eigenvalue weighted by molar-refractivity contribution is 5.99. The molecule has 0 amide bonds. The fourth-order valence-electron chi connectivity index (χ4n) is 6.14. The molecular formula is C34H32FN7O3. The maximum atomic E-state index is 14.3. The molecule has 3 N–H and O–H groups in total. The molecule has 1 saturated heterocycles. The van der Waals surface area contributed by atoms with Crippen LogP contribution >= 0.6 is 0 Å². The van der Waals surface area contributed by atoms with Gasteiger partial charge >= 0.3 is 5.63 Å². The number of hydrogen-bond donors (Lipinski definition) is 2. The number of halogens is 1. The molecule has 3 aromatic heterocycles. The zero-order valence-electron chi connectivity index (χ0n) is 24.9. The van der Waals surface area contributed by atoms with Gasteiger partial charge in [0.15, 0.2) is 5.65 Å². The third-order valence-corrected chi connectivity index (χ3v) is 8.53. The molecule has 0 radical (unpaired) electrons. The number of nitrogens with two attached hydrogens (primary N) is 1. The van der Waals surface area contributed by atoms with Crippen LogP contribution in [-0.4, -0.2) is 67.9 Å². The minimum Gasteiger partial charge on any atom is -0.508 e. The third kappa shape index (κ3) is 5.30. The molecule has 11 heteroatoms. The number of nitrogen functional groups attached to an aromatic ring is 1. The van der Waals surface area contributed by atoms with Crippen molar-refractivity contribution in [3.05, 3.63) is 101 Å².